The first-order chi connectivity index (χ1) is 7.00. The normalized spacial score (nSPS) is 14.3. The molecule has 0 spiro atoms. The van der Waals surface area contributed by atoms with Crippen LogP contribution in [0.25, 0.3) is 0 Å². The van der Waals surface area contributed by atoms with E-state index in [4.69, 9.17) is 0 Å². The van der Waals surface area contributed by atoms with Gasteiger partial charge in [0.05, 0.1) is 0 Å². The van der Waals surface area contributed by atoms with Crippen LogP contribution < -0.4 is 37.7 Å². The minimum Gasteiger partial charge on any atom is -0.743 e. The van der Waals surface area contributed by atoms with Gasteiger partial charge in [0.25, 0.3) is 0 Å². The zero-order valence-corrected chi connectivity index (χ0v) is 10.7. The number of alkyl halides is 6. The summed E-state index contributed by atoms with van der Waals surface area (Å²) in [6.45, 7) is 0. The summed E-state index contributed by atoms with van der Waals surface area (Å²) in [5, 5.41) is -13.9. The molecule has 0 aromatic heterocycles. The summed E-state index contributed by atoms with van der Waals surface area (Å²) in [5.74, 6) is -7.21. The van der Waals surface area contributed by atoms with Crippen LogP contribution in [-0.4, -0.2) is 42.4 Å². The molecule has 0 saturated heterocycles. The summed E-state index contributed by atoms with van der Waals surface area (Å²) in [6.07, 6.45) is 0. The summed E-state index contributed by atoms with van der Waals surface area (Å²) < 4.78 is 131. The minimum absolute atomic E-state index is 0. The van der Waals surface area contributed by atoms with Gasteiger partial charge in [0, 0.05) is 0 Å². The van der Waals surface area contributed by atoms with E-state index in [2.05, 4.69) is 0 Å². The Morgan fingerprint density at radius 2 is 0.789 bits per heavy atom. The fourth-order valence-electron chi connectivity index (χ4n) is 0.483. The van der Waals surface area contributed by atoms with Gasteiger partial charge in [-0.3, -0.25) is 0 Å². The van der Waals surface area contributed by atoms with Crippen LogP contribution in [0, 0.1) is 0 Å². The van der Waals surface area contributed by atoms with E-state index in [1.807, 2.05) is 0 Å². The maximum atomic E-state index is 12.3. The molecule has 6 nitrogen and oxygen atoms in total. The van der Waals surface area contributed by atoms with Gasteiger partial charge < -0.3 is 9.11 Å². The summed E-state index contributed by atoms with van der Waals surface area (Å²) in [4.78, 5) is 0. The molecule has 0 unspecified atom stereocenters. The second-order valence-corrected chi connectivity index (χ2v) is 5.36. The van der Waals surface area contributed by atoms with Crippen molar-refractivity contribution in [3.05, 3.63) is 0 Å². The van der Waals surface area contributed by atoms with Crippen molar-refractivity contribution in [3.8, 4) is 0 Å². The van der Waals surface area contributed by atoms with Gasteiger partial charge in [-0.2, -0.15) is 26.3 Å². The van der Waals surface area contributed by atoms with E-state index in [9.17, 15) is 52.3 Å². The van der Waals surface area contributed by atoms with E-state index in [1.54, 1.807) is 0 Å². The van der Waals surface area contributed by atoms with Gasteiger partial charge in [-0.25, -0.2) is 16.8 Å². The van der Waals surface area contributed by atoms with Crippen molar-refractivity contribution < 1.29 is 90.0 Å². The third-order valence-corrected chi connectivity index (χ3v) is 3.13. The number of hydrogen-bond donors (Lipinski definition) is 0. The first kappa shape index (κ1) is 24.6. The molecule has 0 N–H and O–H groups in total. The average molecular weight is 324 g/mol. The average Bonchev–Trinajstić information content (AvgIpc) is 1.98. The van der Waals surface area contributed by atoms with Crippen LogP contribution in [0.2, 0.25) is 0 Å². The zero-order chi connectivity index (χ0) is 14.5. The molecule has 0 aliphatic carbocycles. The summed E-state index contributed by atoms with van der Waals surface area (Å²) in [5.41, 5.74) is 0. The summed E-state index contributed by atoms with van der Waals surface area (Å²) in [6, 6.07) is 0. The predicted molar refractivity (Wildman–Crippen MR) is 34.2 cm³/mol. The number of halogens is 6. The van der Waals surface area contributed by atoms with Crippen LogP contribution in [0.5, 0.6) is 0 Å². The van der Waals surface area contributed by atoms with Crippen molar-refractivity contribution in [2.24, 2.45) is 0 Å². The molecule has 0 heterocycles. The van der Waals surface area contributed by atoms with Crippen molar-refractivity contribution in [2.45, 2.75) is 16.4 Å². The molecule has 0 aliphatic heterocycles. The van der Waals surface area contributed by atoms with Crippen LogP contribution in [0.1, 0.15) is 0 Å². The SMILES string of the molecule is O=S(=O)([O-])C(F)(F)C(F)(F)C(F)(F)S(=O)(=O)[O-].[Li+].[Li+]. The molecule has 0 saturated carbocycles. The Hall–Kier alpha value is 0.595. The molecule has 16 heteroatoms. The van der Waals surface area contributed by atoms with Crippen molar-refractivity contribution in [2.75, 3.05) is 0 Å². The molecule has 0 atom stereocenters. The zero-order valence-electron chi connectivity index (χ0n) is 9.03. The standard InChI is InChI=1S/C3H2F6O6S2.2Li/c4-1(5,2(6,7)16(10,11)12)3(8,9)17(13,14)15;;/h(H,10,11,12)(H,13,14,15);;/q;2*+1/p-2. The van der Waals surface area contributed by atoms with Gasteiger partial charge in [0.1, 0.15) is 0 Å². The fraction of sp³-hybridized carbons (Fsp3) is 1.00. The van der Waals surface area contributed by atoms with Gasteiger partial charge >= 0.3 is 54.2 Å². The van der Waals surface area contributed by atoms with E-state index in [0.717, 1.165) is 0 Å². The third-order valence-electron chi connectivity index (χ3n) is 1.36. The molecule has 0 aromatic rings. The van der Waals surface area contributed by atoms with Crippen LogP contribution in [0.4, 0.5) is 26.3 Å². The minimum atomic E-state index is -7.32. The first-order valence-electron chi connectivity index (χ1n) is 3.04. The molecule has 19 heavy (non-hydrogen) atoms. The van der Waals surface area contributed by atoms with Crippen molar-refractivity contribution in [1.29, 1.82) is 0 Å². The summed E-state index contributed by atoms with van der Waals surface area (Å²) >= 11 is 0. The molecule has 0 bridgehead atoms. The summed E-state index contributed by atoms with van der Waals surface area (Å²) in [7, 11) is -14.6. The van der Waals surface area contributed by atoms with E-state index >= 15 is 0 Å². The smallest absolute Gasteiger partial charge is 0.743 e. The molecule has 0 aromatic carbocycles. The Kier molecular flexibility index (Phi) is 7.96. The van der Waals surface area contributed by atoms with E-state index in [1.165, 1.54) is 0 Å². The Morgan fingerprint density at radius 3 is 0.895 bits per heavy atom. The van der Waals surface area contributed by atoms with Gasteiger partial charge in [-0.15, -0.1) is 0 Å². The topological polar surface area (TPSA) is 114 Å². The second kappa shape index (κ2) is 6.15. The monoisotopic (exact) mass is 324 g/mol. The second-order valence-electron chi connectivity index (χ2n) is 2.52. The Balaban J connectivity index is -0.00000128. The molecule has 0 rings (SSSR count). The maximum absolute atomic E-state index is 12.3. The predicted octanol–water partition coefficient (Wildman–Crippen LogP) is -6.09. The van der Waals surface area contributed by atoms with E-state index < -0.39 is 36.7 Å². The molecule has 0 fully saturated rings. The third kappa shape index (κ3) is 3.82. The van der Waals surface area contributed by atoms with Gasteiger partial charge in [-0.1, -0.05) is 0 Å². The molecule has 104 valence electrons. The molecule has 0 amide bonds. The fourth-order valence-corrected chi connectivity index (χ4v) is 1.43. The Bertz CT molecular complexity index is 467. The molecular formula is C3F6Li2O6S2. The van der Waals surface area contributed by atoms with Crippen molar-refractivity contribution in [1.82, 2.24) is 0 Å². The van der Waals surface area contributed by atoms with Gasteiger partial charge in [0.15, 0.2) is 20.2 Å². The van der Waals surface area contributed by atoms with Gasteiger partial charge in [0.2, 0.25) is 0 Å². The van der Waals surface area contributed by atoms with E-state index in [-0.39, 0.29) is 37.7 Å². The number of rotatable bonds is 4. The van der Waals surface area contributed by atoms with Crippen LogP contribution in [0.3, 0.4) is 0 Å². The van der Waals surface area contributed by atoms with E-state index in [0.29, 0.717) is 0 Å². The first-order valence-corrected chi connectivity index (χ1v) is 5.86. The Morgan fingerprint density at radius 1 is 0.632 bits per heavy atom. The quantitative estimate of drug-likeness (QED) is 0.289. The van der Waals surface area contributed by atoms with Crippen molar-refractivity contribution >= 4 is 20.2 Å². The molecular weight excluding hydrogens is 324 g/mol. The van der Waals surface area contributed by atoms with Crippen LogP contribution in [-0.2, 0) is 20.2 Å². The maximum Gasteiger partial charge on any atom is 1.00 e. The Labute approximate surface area is 126 Å². The van der Waals surface area contributed by atoms with Crippen LogP contribution in [0.15, 0.2) is 0 Å². The number of hydrogen-bond acceptors (Lipinski definition) is 6. The van der Waals surface area contributed by atoms with Crippen molar-refractivity contribution in [3.63, 3.8) is 0 Å². The van der Waals surface area contributed by atoms with Gasteiger partial charge in [-0.05, 0) is 0 Å². The molecule has 0 aliphatic rings. The molecule has 0 radical (unpaired) electrons. The largest absolute Gasteiger partial charge is 1.00 e. The van der Waals surface area contributed by atoms with Crippen LogP contribution >= 0.6 is 0 Å².